The van der Waals surface area contributed by atoms with Gasteiger partial charge in [-0.25, -0.2) is 0 Å². The summed E-state index contributed by atoms with van der Waals surface area (Å²) in [6.07, 6.45) is -2.91. The fourth-order valence-electron chi connectivity index (χ4n) is 1.08. The second-order valence-corrected chi connectivity index (χ2v) is 3.36. The standard InChI is InChI=1S/C9H21NO5/c1-15-4-2-3-10-5-7(12)9(14)8(13)6-11/h7-14H,2-6H2,1H3/t7-,8-,9+/m0/s1. The lowest BCUT2D eigenvalue weighted by Gasteiger charge is -2.21. The van der Waals surface area contributed by atoms with E-state index in [0.29, 0.717) is 13.2 Å². The van der Waals surface area contributed by atoms with Gasteiger partial charge in [0.05, 0.1) is 12.7 Å². The number of ether oxygens (including phenoxy) is 1. The minimum Gasteiger partial charge on any atom is -0.394 e. The van der Waals surface area contributed by atoms with Crippen LogP contribution in [0.4, 0.5) is 0 Å². The summed E-state index contributed by atoms with van der Waals surface area (Å²) in [5.41, 5.74) is 0. The highest BCUT2D eigenvalue weighted by Gasteiger charge is 2.23. The van der Waals surface area contributed by atoms with Crippen LogP contribution in [0.5, 0.6) is 0 Å². The Balaban J connectivity index is 3.50. The number of aliphatic hydroxyl groups is 4. The van der Waals surface area contributed by atoms with Crippen molar-refractivity contribution in [2.75, 3.05) is 33.4 Å². The van der Waals surface area contributed by atoms with Crippen LogP contribution in [0, 0.1) is 0 Å². The van der Waals surface area contributed by atoms with Crippen LogP contribution in [-0.4, -0.2) is 72.2 Å². The Morgan fingerprint density at radius 2 is 1.87 bits per heavy atom. The molecular formula is C9H21NO5. The van der Waals surface area contributed by atoms with Crippen LogP contribution in [-0.2, 0) is 4.74 Å². The first-order valence-corrected chi connectivity index (χ1v) is 4.98. The molecule has 0 bridgehead atoms. The summed E-state index contributed by atoms with van der Waals surface area (Å²) >= 11 is 0. The van der Waals surface area contributed by atoms with Crippen LogP contribution in [0.25, 0.3) is 0 Å². The molecule has 3 atom stereocenters. The smallest absolute Gasteiger partial charge is 0.109 e. The fourth-order valence-corrected chi connectivity index (χ4v) is 1.08. The highest BCUT2D eigenvalue weighted by atomic mass is 16.5. The maximum atomic E-state index is 9.36. The van der Waals surface area contributed by atoms with Gasteiger partial charge in [0.2, 0.25) is 0 Å². The van der Waals surface area contributed by atoms with Crippen LogP contribution in [0.2, 0.25) is 0 Å². The summed E-state index contributed by atoms with van der Waals surface area (Å²) in [6.45, 7) is 0.890. The molecule has 6 heteroatoms. The SMILES string of the molecule is COCCCNC[C@H](O)[C@@H](O)[C@@H](O)CO. The molecule has 5 N–H and O–H groups in total. The summed E-state index contributed by atoms with van der Waals surface area (Å²) in [6, 6.07) is 0. The number of rotatable bonds is 9. The van der Waals surface area contributed by atoms with Crippen molar-refractivity contribution in [2.45, 2.75) is 24.7 Å². The van der Waals surface area contributed by atoms with Gasteiger partial charge in [-0.1, -0.05) is 0 Å². The molecule has 0 unspecified atom stereocenters. The lowest BCUT2D eigenvalue weighted by Crippen LogP contribution is -2.44. The van der Waals surface area contributed by atoms with Crippen molar-refractivity contribution in [2.24, 2.45) is 0 Å². The van der Waals surface area contributed by atoms with E-state index in [1.807, 2.05) is 0 Å². The minimum atomic E-state index is -1.33. The maximum absolute atomic E-state index is 9.36. The molecule has 0 aliphatic carbocycles. The largest absolute Gasteiger partial charge is 0.394 e. The molecule has 0 saturated heterocycles. The molecular weight excluding hydrogens is 202 g/mol. The van der Waals surface area contributed by atoms with E-state index in [4.69, 9.17) is 14.9 Å². The Labute approximate surface area is 89.5 Å². The summed E-state index contributed by atoms with van der Waals surface area (Å²) < 4.78 is 4.83. The quantitative estimate of drug-likeness (QED) is 0.281. The molecule has 0 aliphatic rings. The Kier molecular flexibility index (Phi) is 8.88. The molecule has 0 saturated carbocycles. The lowest BCUT2D eigenvalue weighted by molar-refractivity contribution is -0.0749. The first kappa shape index (κ1) is 14.8. The van der Waals surface area contributed by atoms with Crippen LogP contribution in [0.3, 0.4) is 0 Å². The highest BCUT2D eigenvalue weighted by molar-refractivity contribution is 4.76. The summed E-state index contributed by atoms with van der Waals surface area (Å²) in [7, 11) is 1.61. The van der Waals surface area contributed by atoms with Gasteiger partial charge in [-0.3, -0.25) is 0 Å². The van der Waals surface area contributed by atoms with E-state index in [1.54, 1.807) is 7.11 Å². The molecule has 0 rings (SSSR count). The van der Waals surface area contributed by atoms with E-state index in [-0.39, 0.29) is 6.54 Å². The van der Waals surface area contributed by atoms with Gasteiger partial charge in [0.25, 0.3) is 0 Å². The van der Waals surface area contributed by atoms with Gasteiger partial charge in [-0.2, -0.15) is 0 Å². The molecule has 0 aromatic carbocycles. The molecule has 6 nitrogen and oxygen atoms in total. The Morgan fingerprint density at radius 1 is 1.20 bits per heavy atom. The maximum Gasteiger partial charge on any atom is 0.109 e. The van der Waals surface area contributed by atoms with Crippen LogP contribution in [0.1, 0.15) is 6.42 Å². The van der Waals surface area contributed by atoms with Crippen molar-refractivity contribution < 1.29 is 25.2 Å². The zero-order valence-corrected chi connectivity index (χ0v) is 8.96. The summed E-state index contributed by atoms with van der Waals surface area (Å²) in [5, 5.41) is 39.1. The molecule has 0 aliphatic heterocycles. The van der Waals surface area contributed by atoms with Crippen molar-refractivity contribution in [3.8, 4) is 0 Å². The van der Waals surface area contributed by atoms with E-state index in [9.17, 15) is 10.2 Å². The first-order chi connectivity index (χ1) is 7.13. The van der Waals surface area contributed by atoms with E-state index in [0.717, 1.165) is 6.42 Å². The summed E-state index contributed by atoms with van der Waals surface area (Å²) in [5.74, 6) is 0. The van der Waals surface area contributed by atoms with Crippen molar-refractivity contribution in [3.05, 3.63) is 0 Å². The Bertz CT molecular complexity index is 146. The zero-order valence-electron chi connectivity index (χ0n) is 8.96. The monoisotopic (exact) mass is 223 g/mol. The van der Waals surface area contributed by atoms with Crippen LogP contribution in [0.15, 0.2) is 0 Å². The van der Waals surface area contributed by atoms with Crippen molar-refractivity contribution in [3.63, 3.8) is 0 Å². The van der Waals surface area contributed by atoms with Gasteiger partial charge in [-0.15, -0.1) is 0 Å². The lowest BCUT2D eigenvalue weighted by atomic mass is 10.1. The van der Waals surface area contributed by atoms with E-state index < -0.39 is 24.9 Å². The Morgan fingerprint density at radius 3 is 2.40 bits per heavy atom. The van der Waals surface area contributed by atoms with Gasteiger partial charge < -0.3 is 30.5 Å². The fraction of sp³-hybridized carbons (Fsp3) is 1.00. The summed E-state index contributed by atoms with van der Waals surface area (Å²) in [4.78, 5) is 0. The second-order valence-electron chi connectivity index (χ2n) is 3.36. The molecule has 0 heterocycles. The zero-order chi connectivity index (χ0) is 11.7. The predicted octanol–water partition coefficient (Wildman–Crippen LogP) is -2.31. The van der Waals surface area contributed by atoms with Crippen LogP contribution < -0.4 is 5.32 Å². The van der Waals surface area contributed by atoms with Crippen LogP contribution >= 0.6 is 0 Å². The third-order valence-corrected chi connectivity index (χ3v) is 2.03. The molecule has 0 aromatic rings. The highest BCUT2D eigenvalue weighted by Crippen LogP contribution is 1.98. The van der Waals surface area contributed by atoms with Crippen molar-refractivity contribution in [1.82, 2.24) is 5.32 Å². The number of methoxy groups -OCH3 is 1. The number of hydrogen-bond donors (Lipinski definition) is 5. The molecule has 0 fully saturated rings. The number of hydrogen-bond acceptors (Lipinski definition) is 6. The van der Waals surface area contributed by atoms with Crippen molar-refractivity contribution >= 4 is 0 Å². The molecule has 92 valence electrons. The predicted molar refractivity (Wildman–Crippen MR) is 54.5 cm³/mol. The molecule has 15 heavy (non-hydrogen) atoms. The number of nitrogens with one attached hydrogen (secondary N) is 1. The molecule has 0 radical (unpaired) electrons. The molecule has 0 aromatic heterocycles. The van der Waals surface area contributed by atoms with E-state index in [2.05, 4.69) is 5.32 Å². The first-order valence-electron chi connectivity index (χ1n) is 4.98. The van der Waals surface area contributed by atoms with Gasteiger partial charge in [0.15, 0.2) is 0 Å². The average molecular weight is 223 g/mol. The number of aliphatic hydroxyl groups excluding tert-OH is 4. The second kappa shape index (κ2) is 9.02. The van der Waals surface area contributed by atoms with Gasteiger partial charge >= 0.3 is 0 Å². The topological polar surface area (TPSA) is 102 Å². The van der Waals surface area contributed by atoms with E-state index in [1.165, 1.54) is 0 Å². The van der Waals surface area contributed by atoms with Gasteiger partial charge in [0, 0.05) is 20.3 Å². The Hall–Kier alpha value is -0.240. The third kappa shape index (κ3) is 6.77. The van der Waals surface area contributed by atoms with Crippen molar-refractivity contribution in [1.29, 1.82) is 0 Å². The van der Waals surface area contributed by atoms with E-state index >= 15 is 0 Å². The molecule has 0 amide bonds. The van der Waals surface area contributed by atoms with Gasteiger partial charge in [-0.05, 0) is 13.0 Å². The average Bonchev–Trinajstić information content (AvgIpc) is 2.26. The van der Waals surface area contributed by atoms with Gasteiger partial charge in [0.1, 0.15) is 12.2 Å². The minimum absolute atomic E-state index is 0.169. The molecule has 0 spiro atoms. The third-order valence-electron chi connectivity index (χ3n) is 2.03. The normalized spacial score (nSPS) is 17.4.